The van der Waals surface area contributed by atoms with Crippen molar-refractivity contribution in [3.05, 3.63) is 52.6 Å². The first-order valence-corrected chi connectivity index (χ1v) is 8.19. The highest BCUT2D eigenvalue weighted by Crippen LogP contribution is 2.36. The number of aryl methyl sites for hydroxylation is 1. The lowest BCUT2D eigenvalue weighted by molar-refractivity contribution is 0.456. The van der Waals surface area contributed by atoms with E-state index in [2.05, 4.69) is 15.3 Å². The fraction of sp³-hybridized carbons (Fsp3) is 0.118. The molecule has 0 amide bonds. The topological polar surface area (TPSA) is 80.0 Å². The third-order valence-electron chi connectivity index (χ3n) is 3.92. The van der Waals surface area contributed by atoms with Crippen LogP contribution in [0.1, 0.15) is 5.56 Å². The summed E-state index contributed by atoms with van der Waals surface area (Å²) in [5.74, 6) is -0.0859. The Morgan fingerprint density at radius 1 is 1.25 bits per heavy atom. The standard InChI is InChI=1S/C17H14N4O2S/c1-9-3-5-10(6-4-9)21-8-19-14-13-11(18-2)7-12(22)20-16(13)24-15(14)17(21)23/h3-8H,1-2H3,(H2,18,20,22). The lowest BCUT2D eigenvalue weighted by Gasteiger charge is -2.06. The van der Waals surface area contributed by atoms with E-state index in [9.17, 15) is 9.90 Å². The number of pyridine rings is 1. The maximum Gasteiger partial charge on any atom is 0.275 e. The molecule has 4 rings (SSSR count). The molecule has 0 aliphatic carbocycles. The summed E-state index contributed by atoms with van der Waals surface area (Å²) in [6.45, 7) is 2.00. The van der Waals surface area contributed by atoms with Gasteiger partial charge in [-0.2, -0.15) is 0 Å². The van der Waals surface area contributed by atoms with Crippen LogP contribution in [-0.4, -0.2) is 26.7 Å². The lowest BCUT2D eigenvalue weighted by atomic mass is 10.2. The van der Waals surface area contributed by atoms with Gasteiger partial charge >= 0.3 is 0 Å². The number of nitrogens with one attached hydrogen (secondary N) is 1. The zero-order valence-electron chi connectivity index (χ0n) is 13.1. The van der Waals surface area contributed by atoms with Crippen molar-refractivity contribution in [3.63, 3.8) is 0 Å². The van der Waals surface area contributed by atoms with Gasteiger partial charge in [-0.05, 0) is 19.1 Å². The fourth-order valence-electron chi connectivity index (χ4n) is 2.70. The normalized spacial score (nSPS) is 11.2. The second-order valence-electron chi connectivity index (χ2n) is 5.49. The first-order valence-electron chi connectivity index (χ1n) is 7.37. The first kappa shape index (κ1) is 14.6. The molecule has 6 nitrogen and oxygen atoms in total. The Kier molecular flexibility index (Phi) is 3.24. The van der Waals surface area contributed by atoms with Gasteiger partial charge in [0, 0.05) is 13.1 Å². The molecule has 0 bridgehead atoms. The molecule has 7 heteroatoms. The average molecular weight is 338 g/mol. The molecule has 0 aliphatic heterocycles. The number of thiophene rings is 1. The molecule has 0 fully saturated rings. The molecule has 0 saturated carbocycles. The molecule has 3 heterocycles. The molecule has 4 aromatic rings. The highest BCUT2D eigenvalue weighted by Gasteiger charge is 2.17. The summed E-state index contributed by atoms with van der Waals surface area (Å²) in [6.07, 6.45) is 1.54. The smallest absolute Gasteiger partial charge is 0.275 e. The Bertz CT molecular complexity index is 1130. The van der Waals surface area contributed by atoms with Crippen LogP contribution in [0.15, 0.2) is 41.5 Å². The van der Waals surface area contributed by atoms with Crippen LogP contribution in [0, 0.1) is 6.92 Å². The molecular weight excluding hydrogens is 324 g/mol. The monoisotopic (exact) mass is 338 g/mol. The number of nitrogens with zero attached hydrogens (tertiary/aromatic N) is 3. The van der Waals surface area contributed by atoms with Crippen molar-refractivity contribution in [1.82, 2.24) is 14.5 Å². The van der Waals surface area contributed by atoms with Crippen LogP contribution in [0.4, 0.5) is 5.69 Å². The predicted octanol–water partition coefficient (Wildman–Crippen LogP) is 3.05. The van der Waals surface area contributed by atoms with E-state index in [1.165, 1.54) is 28.3 Å². The van der Waals surface area contributed by atoms with Crippen LogP contribution in [0.5, 0.6) is 5.88 Å². The molecule has 0 unspecified atom stereocenters. The largest absolute Gasteiger partial charge is 0.493 e. The average Bonchev–Trinajstić information content (AvgIpc) is 2.95. The van der Waals surface area contributed by atoms with E-state index < -0.39 is 0 Å². The van der Waals surface area contributed by atoms with E-state index in [1.807, 2.05) is 31.2 Å². The van der Waals surface area contributed by atoms with Crippen molar-refractivity contribution in [2.75, 3.05) is 12.4 Å². The lowest BCUT2D eigenvalue weighted by Crippen LogP contribution is -2.17. The minimum atomic E-state index is -0.145. The molecule has 0 spiro atoms. The van der Waals surface area contributed by atoms with Gasteiger partial charge in [-0.25, -0.2) is 9.97 Å². The van der Waals surface area contributed by atoms with E-state index in [0.717, 1.165) is 16.6 Å². The van der Waals surface area contributed by atoms with Crippen molar-refractivity contribution in [3.8, 4) is 11.6 Å². The van der Waals surface area contributed by atoms with E-state index in [4.69, 9.17) is 0 Å². The van der Waals surface area contributed by atoms with Crippen LogP contribution < -0.4 is 10.9 Å². The van der Waals surface area contributed by atoms with Crippen molar-refractivity contribution < 1.29 is 5.11 Å². The quantitative estimate of drug-likeness (QED) is 0.587. The van der Waals surface area contributed by atoms with Crippen LogP contribution in [-0.2, 0) is 0 Å². The zero-order chi connectivity index (χ0) is 16.8. The Morgan fingerprint density at radius 3 is 2.71 bits per heavy atom. The number of rotatable bonds is 2. The Hall–Kier alpha value is -2.93. The molecular formula is C17H14N4O2S. The van der Waals surface area contributed by atoms with Crippen molar-refractivity contribution in [2.45, 2.75) is 6.92 Å². The molecule has 2 N–H and O–H groups in total. The Balaban J connectivity index is 2.05. The van der Waals surface area contributed by atoms with Crippen molar-refractivity contribution >= 4 is 37.5 Å². The minimum absolute atomic E-state index is 0.0859. The van der Waals surface area contributed by atoms with Crippen molar-refractivity contribution in [2.24, 2.45) is 0 Å². The number of aromatic hydroxyl groups is 1. The SMILES string of the molecule is CNc1cc(O)nc2sc3c(=O)n(-c4ccc(C)cc4)cnc3c12. The summed E-state index contributed by atoms with van der Waals surface area (Å²) >= 11 is 1.24. The number of hydrogen-bond donors (Lipinski definition) is 2. The Morgan fingerprint density at radius 2 is 2.00 bits per heavy atom. The summed E-state index contributed by atoms with van der Waals surface area (Å²) in [7, 11) is 1.76. The zero-order valence-corrected chi connectivity index (χ0v) is 13.9. The van der Waals surface area contributed by atoms with E-state index in [1.54, 1.807) is 7.05 Å². The number of anilines is 1. The summed E-state index contributed by atoms with van der Waals surface area (Å²) in [5, 5.41) is 13.5. The highest BCUT2D eigenvalue weighted by molar-refractivity contribution is 7.25. The predicted molar refractivity (Wildman–Crippen MR) is 96.5 cm³/mol. The van der Waals surface area contributed by atoms with Crippen LogP contribution >= 0.6 is 11.3 Å². The summed E-state index contributed by atoms with van der Waals surface area (Å²) in [4.78, 5) is 22.1. The minimum Gasteiger partial charge on any atom is -0.493 e. The van der Waals surface area contributed by atoms with Gasteiger partial charge in [-0.3, -0.25) is 9.36 Å². The third kappa shape index (κ3) is 2.13. The molecule has 120 valence electrons. The number of benzene rings is 1. The number of aromatic nitrogens is 3. The van der Waals surface area contributed by atoms with Gasteiger partial charge < -0.3 is 10.4 Å². The van der Waals surface area contributed by atoms with E-state index >= 15 is 0 Å². The number of fused-ring (bicyclic) bond motifs is 3. The van der Waals surface area contributed by atoms with Gasteiger partial charge in [-0.1, -0.05) is 17.7 Å². The molecule has 0 saturated heterocycles. The van der Waals surface area contributed by atoms with Gasteiger partial charge in [0.15, 0.2) is 0 Å². The molecule has 0 aliphatic rings. The molecule has 0 radical (unpaired) electrons. The van der Waals surface area contributed by atoms with Gasteiger partial charge in [0.05, 0.1) is 22.3 Å². The summed E-state index contributed by atoms with van der Waals surface area (Å²) < 4.78 is 2.04. The van der Waals surface area contributed by atoms with Crippen LogP contribution in [0.3, 0.4) is 0 Å². The molecule has 0 atom stereocenters. The number of hydrogen-bond acceptors (Lipinski definition) is 6. The fourth-order valence-corrected chi connectivity index (χ4v) is 3.78. The third-order valence-corrected chi connectivity index (χ3v) is 4.98. The summed E-state index contributed by atoms with van der Waals surface area (Å²) in [6, 6.07) is 9.22. The highest BCUT2D eigenvalue weighted by atomic mass is 32.1. The van der Waals surface area contributed by atoms with Crippen LogP contribution in [0.2, 0.25) is 0 Å². The second-order valence-corrected chi connectivity index (χ2v) is 6.49. The van der Waals surface area contributed by atoms with Gasteiger partial charge in [0.2, 0.25) is 5.88 Å². The molecule has 1 aromatic carbocycles. The molecule has 3 aromatic heterocycles. The summed E-state index contributed by atoms with van der Waals surface area (Å²) in [5.41, 5.74) is 3.04. The maximum atomic E-state index is 12.9. The van der Waals surface area contributed by atoms with Gasteiger partial charge in [0.1, 0.15) is 15.9 Å². The second kappa shape index (κ2) is 5.31. The molecule has 24 heavy (non-hydrogen) atoms. The van der Waals surface area contributed by atoms with Gasteiger partial charge in [0.25, 0.3) is 5.56 Å². The van der Waals surface area contributed by atoms with Crippen molar-refractivity contribution in [1.29, 1.82) is 0 Å². The van der Waals surface area contributed by atoms with E-state index in [0.29, 0.717) is 20.7 Å². The van der Waals surface area contributed by atoms with Gasteiger partial charge in [-0.15, -0.1) is 11.3 Å². The Labute approximate surface area is 141 Å². The van der Waals surface area contributed by atoms with Crippen LogP contribution in [0.25, 0.3) is 26.1 Å². The van der Waals surface area contributed by atoms with E-state index in [-0.39, 0.29) is 11.4 Å². The maximum absolute atomic E-state index is 12.9. The first-order chi connectivity index (χ1) is 11.6.